The predicted octanol–water partition coefficient (Wildman–Crippen LogP) is 3.53. The second kappa shape index (κ2) is 10.2. The summed E-state index contributed by atoms with van der Waals surface area (Å²) < 4.78 is 5.24. The Morgan fingerprint density at radius 3 is 2.55 bits per heavy atom. The smallest absolute Gasteiger partial charge is 0.191 e. The molecule has 126 valence electrons. The van der Waals surface area contributed by atoms with E-state index in [-0.39, 0.29) is 0 Å². The van der Waals surface area contributed by atoms with Crippen molar-refractivity contribution in [3.63, 3.8) is 0 Å². The fourth-order valence-corrected chi connectivity index (χ4v) is 2.61. The van der Waals surface area contributed by atoms with E-state index in [0.717, 1.165) is 37.0 Å². The summed E-state index contributed by atoms with van der Waals surface area (Å²) in [5.74, 6) is 2.11. The van der Waals surface area contributed by atoms with Gasteiger partial charge in [0.1, 0.15) is 5.76 Å². The molecule has 0 amide bonds. The molecule has 0 radical (unpaired) electrons. The molecule has 1 rings (SSSR count). The van der Waals surface area contributed by atoms with Gasteiger partial charge in [-0.25, -0.2) is 0 Å². The monoisotopic (exact) mass is 308 g/mol. The summed E-state index contributed by atoms with van der Waals surface area (Å²) in [4.78, 5) is 4.69. The van der Waals surface area contributed by atoms with Crippen LogP contribution in [0.3, 0.4) is 0 Å². The third-order valence-corrected chi connectivity index (χ3v) is 3.77. The lowest BCUT2D eigenvalue weighted by molar-refractivity contribution is 0.391. The van der Waals surface area contributed by atoms with Crippen LogP contribution in [0.1, 0.15) is 69.4 Å². The maximum absolute atomic E-state index is 5.24. The molecular weight excluding hydrogens is 276 g/mol. The molecule has 5 heteroatoms. The number of hydrogen-bond acceptors (Lipinski definition) is 3. The number of aliphatic imine (C=N–C) groups is 1. The van der Waals surface area contributed by atoms with Crippen molar-refractivity contribution in [2.45, 2.75) is 66.2 Å². The lowest BCUT2D eigenvalue weighted by Gasteiger charge is -2.13. The molecule has 0 saturated heterocycles. The van der Waals surface area contributed by atoms with Gasteiger partial charge < -0.3 is 15.2 Å². The van der Waals surface area contributed by atoms with E-state index in [2.05, 4.69) is 36.6 Å². The summed E-state index contributed by atoms with van der Waals surface area (Å²) in [7, 11) is 0. The molecule has 5 nitrogen and oxygen atoms in total. The van der Waals surface area contributed by atoms with Gasteiger partial charge in [0.15, 0.2) is 5.96 Å². The first-order chi connectivity index (χ1) is 10.6. The molecule has 0 fully saturated rings. The SMILES string of the molecule is CCCCCCNC(=NCC(C)c1c(C)noc1C)NCC. The van der Waals surface area contributed by atoms with Crippen LogP contribution in [-0.4, -0.2) is 30.8 Å². The molecule has 1 aromatic rings. The number of aryl methyl sites for hydroxylation is 2. The lowest BCUT2D eigenvalue weighted by atomic mass is 10.00. The van der Waals surface area contributed by atoms with Crippen LogP contribution in [0.2, 0.25) is 0 Å². The van der Waals surface area contributed by atoms with Crippen LogP contribution < -0.4 is 10.6 Å². The Hall–Kier alpha value is -1.52. The minimum absolute atomic E-state index is 0.307. The van der Waals surface area contributed by atoms with Crippen LogP contribution in [0.15, 0.2) is 9.52 Å². The zero-order chi connectivity index (χ0) is 16.4. The molecule has 0 saturated carbocycles. The normalized spacial score (nSPS) is 13.2. The summed E-state index contributed by atoms with van der Waals surface area (Å²) in [6.07, 6.45) is 5.04. The fraction of sp³-hybridized carbons (Fsp3) is 0.765. The van der Waals surface area contributed by atoms with Crippen molar-refractivity contribution in [1.29, 1.82) is 0 Å². The van der Waals surface area contributed by atoms with Gasteiger partial charge in [0, 0.05) is 31.1 Å². The average molecular weight is 308 g/mol. The first-order valence-electron chi connectivity index (χ1n) is 8.55. The van der Waals surface area contributed by atoms with Crippen molar-refractivity contribution in [2.24, 2.45) is 4.99 Å². The van der Waals surface area contributed by atoms with Crippen LogP contribution in [0.4, 0.5) is 0 Å². The molecular formula is C17H32N4O. The van der Waals surface area contributed by atoms with Gasteiger partial charge in [-0.1, -0.05) is 38.3 Å². The number of aromatic nitrogens is 1. The Morgan fingerprint density at radius 2 is 1.95 bits per heavy atom. The standard InChI is InChI=1S/C17H32N4O/c1-6-8-9-10-11-19-17(18-7-2)20-12-13(3)16-14(4)21-22-15(16)5/h13H,6-12H2,1-5H3,(H2,18,19,20). The van der Waals surface area contributed by atoms with Gasteiger partial charge in [0.25, 0.3) is 0 Å². The van der Waals surface area contributed by atoms with E-state index in [1.165, 1.54) is 31.2 Å². The molecule has 1 heterocycles. The Kier molecular flexibility index (Phi) is 8.63. The Balaban J connectivity index is 2.50. The Morgan fingerprint density at radius 1 is 1.18 bits per heavy atom. The van der Waals surface area contributed by atoms with Crippen molar-refractivity contribution < 1.29 is 4.52 Å². The van der Waals surface area contributed by atoms with E-state index in [1.807, 2.05) is 13.8 Å². The van der Waals surface area contributed by atoms with Gasteiger partial charge in [-0.2, -0.15) is 0 Å². The summed E-state index contributed by atoms with van der Waals surface area (Å²) >= 11 is 0. The van der Waals surface area contributed by atoms with Crippen molar-refractivity contribution >= 4 is 5.96 Å². The molecule has 0 aliphatic rings. The van der Waals surface area contributed by atoms with Gasteiger partial charge in [-0.05, 0) is 27.2 Å². The highest BCUT2D eigenvalue weighted by atomic mass is 16.5. The Bertz CT molecular complexity index is 434. The van der Waals surface area contributed by atoms with Gasteiger partial charge in [0.2, 0.25) is 0 Å². The third kappa shape index (κ3) is 6.08. The number of nitrogens with one attached hydrogen (secondary N) is 2. The molecule has 0 aromatic carbocycles. The molecule has 1 atom stereocenters. The topological polar surface area (TPSA) is 62.5 Å². The van der Waals surface area contributed by atoms with Gasteiger partial charge in [-0.15, -0.1) is 0 Å². The summed E-state index contributed by atoms with van der Waals surface area (Å²) in [5.41, 5.74) is 2.15. The summed E-state index contributed by atoms with van der Waals surface area (Å²) in [6.45, 7) is 13.0. The molecule has 1 aromatic heterocycles. The summed E-state index contributed by atoms with van der Waals surface area (Å²) in [5, 5.41) is 10.7. The largest absolute Gasteiger partial charge is 0.361 e. The second-order valence-electron chi connectivity index (χ2n) is 5.85. The van der Waals surface area contributed by atoms with Crippen LogP contribution >= 0.6 is 0 Å². The van der Waals surface area contributed by atoms with E-state index >= 15 is 0 Å². The van der Waals surface area contributed by atoms with Crippen LogP contribution in [0, 0.1) is 13.8 Å². The predicted molar refractivity (Wildman–Crippen MR) is 92.5 cm³/mol. The molecule has 2 N–H and O–H groups in total. The van der Waals surface area contributed by atoms with Crippen molar-refractivity contribution in [3.8, 4) is 0 Å². The summed E-state index contributed by atoms with van der Waals surface area (Å²) in [6, 6.07) is 0. The Labute approximate surface area is 135 Å². The number of rotatable bonds is 9. The van der Waals surface area contributed by atoms with E-state index in [9.17, 15) is 0 Å². The van der Waals surface area contributed by atoms with Crippen molar-refractivity contribution in [3.05, 3.63) is 17.0 Å². The highest BCUT2D eigenvalue weighted by Gasteiger charge is 2.16. The minimum atomic E-state index is 0.307. The quantitative estimate of drug-likeness (QED) is 0.416. The third-order valence-electron chi connectivity index (χ3n) is 3.77. The first kappa shape index (κ1) is 18.5. The van der Waals surface area contributed by atoms with E-state index in [1.54, 1.807) is 0 Å². The van der Waals surface area contributed by atoms with Crippen LogP contribution in [0.25, 0.3) is 0 Å². The van der Waals surface area contributed by atoms with Gasteiger partial charge in [-0.3, -0.25) is 4.99 Å². The minimum Gasteiger partial charge on any atom is -0.361 e. The molecule has 22 heavy (non-hydrogen) atoms. The second-order valence-corrected chi connectivity index (χ2v) is 5.85. The van der Waals surface area contributed by atoms with E-state index < -0.39 is 0 Å². The highest BCUT2D eigenvalue weighted by Crippen LogP contribution is 2.23. The van der Waals surface area contributed by atoms with E-state index in [4.69, 9.17) is 9.52 Å². The zero-order valence-corrected chi connectivity index (χ0v) is 14.8. The molecule has 1 unspecified atom stereocenters. The van der Waals surface area contributed by atoms with Crippen LogP contribution in [-0.2, 0) is 0 Å². The van der Waals surface area contributed by atoms with Crippen molar-refractivity contribution in [2.75, 3.05) is 19.6 Å². The van der Waals surface area contributed by atoms with Gasteiger partial charge in [0.05, 0.1) is 5.69 Å². The molecule has 0 aliphatic carbocycles. The zero-order valence-electron chi connectivity index (χ0n) is 14.8. The molecule has 0 spiro atoms. The lowest BCUT2D eigenvalue weighted by Crippen LogP contribution is -2.38. The number of guanidine groups is 1. The van der Waals surface area contributed by atoms with Crippen molar-refractivity contribution in [1.82, 2.24) is 15.8 Å². The number of hydrogen-bond donors (Lipinski definition) is 2. The fourth-order valence-electron chi connectivity index (χ4n) is 2.61. The number of nitrogens with zero attached hydrogens (tertiary/aromatic N) is 2. The molecule has 0 bridgehead atoms. The van der Waals surface area contributed by atoms with Gasteiger partial charge >= 0.3 is 0 Å². The van der Waals surface area contributed by atoms with Crippen LogP contribution in [0.5, 0.6) is 0 Å². The maximum atomic E-state index is 5.24. The maximum Gasteiger partial charge on any atom is 0.191 e. The first-order valence-corrected chi connectivity index (χ1v) is 8.55. The molecule has 0 aliphatic heterocycles. The number of unbranched alkanes of at least 4 members (excludes halogenated alkanes) is 3. The highest BCUT2D eigenvalue weighted by molar-refractivity contribution is 5.79. The average Bonchev–Trinajstić information content (AvgIpc) is 2.83. The van der Waals surface area contributed by atoms with E-state index in [0.29, 0.717) is 5.92 Å².